The molecule has 3 heteroatoms. The summed E-state index contributed by atoms with van der Waals surface area (Å²) in [5.74, 6) is -1.07. The highest BCUT2D eigenvalue weighted by atomic mass is 19.1. The second-order valence-electron chi connectivity index (χ2n) is 5.25. The molecule has 0 aliphatic carbocycles. The van der Waals surface area contributed by atoms with Crippen molar-refractivity contribution in [1.29, 1.82) is 0 Å². The molecule has 0 aliphatic heterocycles. The number of aryl methyl sites for hydroxylation is 2. The molecule has 0 saturated heterocycles. The van der Waals surface area contributed by atoms with Crippen molar-refractivity contribution in [3.63, 3.8) is 0 Å². The van der Waals surface area contributed by atoms with Gasteiger partial charge in [-0.15, -0.1) is 0 Å². The highest BCUT2D eigenvalue weighted by Crippen LogP contribution is 2.28. The molecule has 1 atom stereocenters. The van der Waals surface area contributed by atoms with E-state index in [-0.39, 0.29) is 11.7 Å². The maximum Gasteiger partial charge on any atom is 0.152 e. The van der Waals surface area contributed by atoms with Crippen LogP contribution in [0.5, 0.6) is 0 Å². The van der Waals surface area contributed by atoms with Crippen molar-refractivity contribution in [2.45, 2.75) is 39.7 Å². The summed E-state index contributed by atoms with van der Waals surface area (Å²) in [5, 5.41) is 3.01. The number of halogens is 2. The number of benzene rings is 2. The van der Waals surface area contributed by atoms with E-state index in [1.54, 1.807) is 6.92 Å². The fraction of sp³-hybridized carbons (Fsp3) is 0.333. The van der Waals surface area contributed by atoms with Crippen molar-refractivity contribution in [1.82, 2.24) is 0 Å². The Morgan fingerprint density at radius 2 is 1.67 bits per heavy atom. The summed E-state index contributed by atoms with van der Waals surface area (Å²) in [6.45, 7) is 5.73. The van der Waals surface area contributed by atoms with E-state index in [1.807, 2.05) is 19.1 Å². The standard InChI is InChI=1S/C18H21F2N/c1-4-13-7-9-14(10-8-13)16(5-2)21-18-15(19)11-6-12(3)17(18)20/h6-11,16,21H,4-5H2,1-3H3. The van der Waals surface area contributed by atoms with Gasteiger partial charge < -0.3 is 5.32 Å². The molecule has 21 heavy (non-hydrogen) atoms. The fourth-order valence-corrected chi connectivity index (χ4v) is 2.37. The van der Waals surface area contributed by atoms with Crippen molar-refractivity contribution < 1.29 is 8.78 Å². The molecular formula is C18H21F2N. The topological polar surface area (TPSA) is 12.0 Å². The van der Waals surface area contributed by atoms with E-state index < -0.39 is 11.6 Å². The average Bonchev–Trinajstić information content (AvgIpc) is 2.52. The minimum Gasteiger partial charge on any atom is -0.373 e. The van der Waals surface area contributed by atoms with Gasteiger partial charge in [-0.1, -0.05) is 44.2 Å². The number of nitrogens with one attached hydrogen (secondary N) is 1. The minimum atomic E-state index is -0.554. The van der Waals surface area contributed by atoms with Gasteiger partial charge in [0.05, 0.1) is 6.04 Å². The SMILES string of the molecule is CCc1ccc(C(CC)Nc2c(F)ccc(C)c2F)cc1. The van der Waals surface area contributed by atoms with Crippen molar-refractivity contribution in [3.05, 3.63) is 64.7 Å². The lowest BCUT2D eigenvalue weighted by Crippen LogP contribution is -2.12. The van der Waals surface area contributed by atoms with E-state index in [9.17, 15) is 8.78 Å². The first-order chi connectivity index (χ1) is 10.1. The predicted molar refractivity (Wildman–Crippen MR) is 83.6 cm³/mol. The molecule has 0 aromatic heterocycles. The first-order valence-corrected chi connectivity index (χ1v) is 7.36. The van der Waals surface area contributed by atoms with Crippen molar-refractivity contribution in [3.8, 4) is 0 Å². The normalized spacial score (nSPS) is 12.2. The molecule has 0 heterocycles. The van der Waals surface area contributed by atoms with Crippen molar-refractivity contribution in [2.24, 2.45) is 0 Å². The molecule has 1 N–H and O–H groups in total. The average molecular weight is 289 g/mol. The lowest BCUT2D eigenvalue weighted by molar-refractivity contribution is 0.575. The van der Waals surface area contributed by atoms with Crippen LogP contribution in [0.4, 0.5) is 14.5 Å². The number of anilines is 1. The third-order valence-electron chi connectivity index (χ3n) is 3.80. The lowest BCUT2D eigenvalue weighted by atomic mass is 10.0. The summed E-state index contributed by atoms with van der Waals surface area (Å²) in [6.07, 6.45) is 1.73. The first kappa shape index (κ1) is 15.5. The van der Waals surface area contributed by atoms with Gasteiger partial charge in [0.1, 0.15) is 11.5 Å². The van der Waals surface area contributed by atoms with Crippen LogP contribution in [0.2, 0.25) is 0 Å². The molecule has 2 aromatic carbocycles. The molecule has 112 valence electrons. The predicted octanol–water partition coefficient (Wildman–Crippen LogP) is 5.40. The number of hydrogen-bond acceptors (Lipinski definition) is 1. The summed E-state index contributed by atoms with van der Waals surface area (Å²) in [5.41, 5.74) is 2.69. The van der Waals surface area contributed by atoms with Crippen LogP contribution in [0.15, 0.2) is 36.4 Å². The zero-order valence-corrected chi connectivity index (χ0v) is 12.7. The lowest BCUT2D eigenvalue weighted by Gasteiger charge is -2.20. The fourth-order valence-electron chi connectivity index (χ4n) is 2.37. The van der Waals surface area contributed by atoms with E-state index >= 15 is 0 Å². The minimum absolute atomic E-state index is 0.0404. The Balaban J connectivity index is 2.28. The Bertz CT molecular complexity index is 605. The van der Waals surface area contributed by atoms with E-state index in [2.05, 4.69) is 24.4 Å². The molecule has 2 rings (SSSR count). The smallest absolute Gasteiger partial charge is 0.152 e. The maximum atomic E-state index is 14.1. The Hall–Kier alpha value is -1.90. The van der Waals surface area contributed by atoms with Gasteiger partial charge >= 0.3 is 0 Å². The molecule has 0 aliphatic rings. The van der Waals surface area contributed by atoms with Gasteiger partial charge in [-0.2, -0.15) is 0 Å². The molecule has 0 fully saturated rings. The molecule has 0 bridgehead atoms. The van der Waals surface area contributed by atoms with Gasteiger partial charge in [0.25, 0.3) is 0 Å². The Morgan fingerprint density at radius 1 is 1.00 bits per heavy atom. The van der Waals surface area contributed by atoms with Crippen LogP contribution in [0.25, 0.3) is 0 Å². The molecular weight excluding hydrogens is 268 g/mol. The van der Waals surface area contributed by atoms with Crippen LogP contribution in [0.1, 0.15) is 43.0 Å². The largest absolute Gasteiger partial charge is 0.373 e. The van der Waals surface area contributed by atoms with E-state index in [0.29, 0.717) is 5.56 Å². The molecule has 1 unspecified atom stereocenters. The summed E-state index contributed by atoms with van der Waals surface area (Å²) >= 11 is 0. The van der Waals surface area contributed by atoms with Crippen molar-refractivity contribution in [2.75, 3.05) is 5.32 Å². The third-order valence-corrected chi connectivity index (χ3v) is 3.80. The Kier molecular flexibility index (Phi) is 4.94. The second-order valence-corrected chi connectivity index (χ2v) is 5.25. The van der Waals surface area contributed by atoms with Crippen LogP contribution in [0, 0.1) is 18.6 Å². The number of hydrogen-bond donors (Lipinski definition) is 1. The first-order valence-electron chi connectivity index (χ1n) is 7.36. The second kappa shape index (κ2) is 6.70. The Morgan fingerprint density at radius 3 is 2.24 bits per heavy atom. The zero-order valence-electron chi connectivity index (χ0n) is 12.7. The van der Waals surface area contributed by atoms with Gasteiger partial charge in [0, 0.05) is 0 Å². The highest BCUT2D eigenvalue weighted by molar-refractivity contribution is 5.50. The monoisotopic (exact) mass is 289 g/mol. The molecule has 1 nitrogen and oxygen atoms in total. The van der Waals surface area contributed by atoms with E-state index in [4.69, 9.17) is 0 Å². The van der Waals surface area contributed by atoms with Crippen LogP contribution >= 0.6 is 0 Å². The summed E-state index contributed by atoms with van der Waals surface area (Å²) < 4.78 is 28.0. The number of rotatable bonds is 5. The van der Waals surface area contributed by atoms with Gasteiger partial charge in [-0.25, -0.2) is 8.78 Å². The zero-order chi connectivity index (χ0) is 15.4. The van der Waals surface area contributed by atoms with Crippen LogP contribution in [-0.2, 0) is 6.42 Å². The molecule has 2 aromatic rings. The van der Waals surface area contributed by atoms with Gasteiger partial charge in [-0.3, -0.25) is 0 Å². The molecule has 0 radical (unpaired) electrons. The Labute approximate surface area is 125 Å². The third kappa shape index (κ3) is 3.41. The van der Waals surface area contributed by atoms with Crippen molar-refractivity contribution >= 4 is 5.69 Å². The van der Waals surface area contributed by atoms with Gasteiger partial charge in [0.2, 0.25) is 0 Å². The van der Waals surface area contributed by atoms with Gasteiger partial charge in [0.15, 0.2) is 5.82 Å². The van der Waals surface area contributed by atoms with Crippen LogP contribution < -0.4 is 5.32 Å². The van der Waals surface area contributed by atoms with E-state index in [0.717, 1.165) is 18.4 Å². The quantitative estimate of drug-likeness (QED) is 0.777. The highest BCUT2D eigenvalue weighted by Gasteiger charge is 2.16. The van der Waals surface area contributed by atoms with Gasteiger partial charge in [-0.05, 0) is 42.5 Å². The molecule has 0 amide bonds. The summed E-state index contributed by atoms with van der Waals surface area (Å²) in [4.78, 5) is 0. The maximum absolute atomic E-state index is 14.1. The molecule has 0 saturated carbocycles. The van der Waals surface area contributed by atoms with Crippen LogP contribution in [-0.4, -0.2) is 0 Å². The summed E-state index contributed by atoms with van der Waals surface area (Å²) in [7, 11) is 0. The van der Waals surface area contributed by atoms with Crippen LogP contribution in [0.3, 0.4) is 0 Å². The van der Waals surface area contributed by atoms with E-state index in [1.165, 1.54) is 17.7 Å². The molecule has 0 spiro atoms. The summed E-state index contributed by atoms with van der Waals surface area (Å²) in [6, 6.07) is 10.8.